The second kappa shape index (κ2) is 9.18. The minimum Gasteiger partial charge on any atom is -0.278 e. The van der Waals surface area contributed by atoms with Crippen LogP contribution in [0.1, 0.15) is 47.2 Å². The Balaban J connectivity index is 1.51. The molecule has 35 heavy (non-hydrogen) atoms. The molecule has 0 aliphatic heterocycles. The van der Waals surface area contributed by atoms with Gasteiger partial charge in [0.25, 0.3) is 0 Å². The molecule has 5 heteroatoms. The number of allylic oxidation sites excluding steroid dienone is 1. The third-order valence-corrected chi connectivity index (χ3v) is 6.84. The minimum atomic E-state index is -0.398. The molecule has 0 unspecified atom stereocenters. The van der Waals surface area contributed by atoms with Crippen molar-refractivity contribution in [3.05, 3.63) is 119 Å². The topological polar surface area (TPSA) is 57.4 Å². The van der Waals surface area contributed by atoms with Crippen LogP contribution in [0.15, 0.2) is 85.1 Å². The molecule has 1 aliphatic rings. The van der Waals surface area contributed by atoms with Gasteiger partial charge in [0.05, 0.1) is 16.6 Å². The van der Waals surface area contributed by atoms with Crippen LogP contribution in [0.5, 0.6) is 0 Å². The van der Waals surface area contributed by atoms with Crippen LogP contribution in [-0.2, 0) is 0 Å². The Kier molecular flexibility index (Phi) is 5.59. The smallest absolute Gasteiger partial charge is 0.216 e. The fraction of sp³-hybridized carbons (Fsp3) is 0.133. The van der Waals surface area contributed by atoms with Crippen LogP contribution < -0.4 is 0 Å². The molecule has 0 spiro atoms. The lowest BCUT2D eigenvalue weighted by Crippen LogP contribution is -2.15. The standard InChI is InChI=1S/C30H25FN4/c31-30-26-19-24(14-16-27(26)34-35-30)29(28(22-7-4-8-22)21-5-2-1-3-6-21)23-12-9-20(10-13-23)11-15-25-17-18-32-33-25/h1-3,5-6,9-19,22H,4,7-8H2,(H,32,33)(H,34,35). The van der Waals surface area contributed by atoms with Crippen LogP contribution in [0.2, 0.25) is 0 Å². The molecule has 2 aromatic heterocycles. The first-order valence-corrected chi connectivity index (χ1v) is 12.0. The Bertz CT molecular complexity index is 1510. The predicted molar refractivity (Wildman–Crippen MR) is 140 cm³/mol. The Labute approximate surface area is 203 Å². The summed E-state index contributed by atoms with van der Waals surface area (Å²) >= 11 is 0. The average Bonchev–Trinajstić information content (AvgIpc) is 3.52. The SMILES string of the molecule is Fc1[nH]nc2ccc(C(=C(c3ccccc3)C3CCC3)c3ccc(C=Cc4ccn[nH]4)cc3)cc12. The molecule has 1 saturated carbocycles. The molecule has 3 aromatic carbocycles. The molecule has 2 N–H and O–H groups in total. The van der Waals surface area contributed by atoms with Crippen LogP contribution >= 0.6 is 0 Å². The number of nitrogens with one attached hydrogen (secondary N) is 2. The van der Waals surface area contributed by atoms with Crippen molar-refractivity contribution in [3.8, 4) is 0 Å². The molecule has 2 heterocycles. The van der Waals surface area contributed by atoms with Crippen LogP contribution in [0.3, 0.4) is 0 Å². The molecule has 4 nitrogen and oxygen atoms in total. The van der Waals surface area contributed by atoms with Crippen molar-refractivity contribution in [1.82, 2.24) is 20.4 Å². The van der Waals surface area contributed by atoms with Gasteiger partial charge in [0.2, 0.25) is 5.95 Å². The predicted octanol–water partition coefficient (Wildman–Crippen LogP) is 7.35. The van der Waals surface area contributed by atoms with E-state index in [0.29, 0.717) is 16.8 Å². The van der Waals surface area contributed by atoms with Crippen LogP contribution in [0.4, 0.5) is 4.39 Å². The van der Waals surface area contributed by atoms with E-state index in [1.807, 2.05) is 24.3 Å². The Morgan fingerprint density at radius 3 is 2.34 bits per heavy atom. The highest BCUT2D eigenvalue weighted by Crippen LogP contribution is 2.45. The number of nitrogens with zero attached hydrogens (tertiary/aromatic N) is 2. The molecule has 0 amide bonds. The molecule has 0 atom stereocenters. The number of H-pyrrole nitrogens is 2. The summed E-state index contributed by atoms with van der Waals surface area (Å²) in [6.07, 6.45) is 9.39. The van der Waals surface area contributed by atoms with E-state index < -0.39 is 5.95 Å². The zero-order valence-corrected chi connectivity index (χ0v) is 19.2. The lowest BCUT2D eigenvalue weighted by atomic mass is 9.73. The van der Waals surface area contributed by atoms with E-state index in [9.17, 15) is 4.39 Å². The Morgan fingerprint density at radius 1 is 0.829 bits per heavy atom. The highest BCUT2D eigenvalue weighted by molar-refractivity contribution is 6.01. The highest BCUT2D eigenvalue weighted by atomic mass is 19.1. The van der Waals surface area contributed by atoms with Crippen LogP contribution in [0.25, 0.3) is 34.2 Å². The van der Waals surface area contributed by atoms with Crippen molar-refractivity contribution in [2.45, 2.75) is 19.3 Å². The lowest BCUT2D eigenvalue weighted by Gasteiger charge is -2.31. The first-order chi connectivity index (χ1) is 17.3. The number of halogens is 1. The third kappa shape index (κ3) is 4.21. The van der Waals surface area contributed by atoms with Gasteiger partial charge in [-0.25, -0.2) is 0 Å². The molecule has 0 bridgehead atoms. The number of fused-ring (bicyclic) bond motifs is 1. The van der Waals surface area contributed by atoms with Crippen molar-refractivity contribution in [1.29, 1.82) is 0 Å². The van der Waals surface area contributed by atoms with E-state index in [1.165, 1.54) is 30.4 Å². The van der Waals surface area contributed by atoms with Gasteiger partial charge in [0, 0.05) is 6.20 Å². The molecule has 5 aromatic rings. The van der Waals surface area contributed by atoms with Gasteiger partial charge >= 0.3 is 0 Å². The summed E-state index contributed by atoms with van der Waals surface area (Å²) in [5, 5.41) is 14.0. The van der Waals surface area contributed by atoms with Crippen molar-refractivity contribution >= 4 is 34.2 Å². The summed E-state index contributed by atoms with van der Waals surface area (Å²) in [5.74, 6) is 0.0858. The summed E-state index contributed by atoms with van der Waals surface area (Å²) in [6, 6.07) is 27.0. The summed E-state index contributed by atoms with van der Waals surface area (Å²) < 4.78 is 14.5. The van der Waals surface area contributed by atoms with E-state index >= 15 is 0 Å². The van der Waals surface area contributed by atoms with Gasteiger partial charge in [-0.1, -0.05) is 73.2 Å². The molecule has 1 aliphatic carbocycles. The third-order valence-electron chi connectivity index (χ3n) is 6.84. The van der Waals surface area contributed by atoms with Crippen LogP contribution in [0, 0.1) is 11.9 Å². The summed E-state index contributed by atoms with van der Waals surface area (Å²) in [7, 11) is 0. The summed E-state index contributed by atoms with van der Waals surface area (Å²) in [6.45, 7) is 0. The molecule has 0 saturated heterocycles. The van der Waals surface area contributed by atoms with Gasteiger partial charge < -0.3 is 0 Å². The average molecular weight is 461 g/mol. The summed E-state index contributed by atoms with van der Waals surface area (Å²) in [4.78, 5) is 0. The van der Waals surface area contributed by atoms with E-state index in [-0.39, 0.29) is 0 Å². The quantitative estimate of drug-likeness (QED) is 0.260. The first kappa shape index (κ1) is 21.3. The normalized spacial score (nSPS) is 14.9. The fourth-order valence-corrected chi connectivity index (χ4v) is 4.82. The Morgan fingerprint density at radius 2 is 1.63 bits per heavy atom. The maximum absolute atomic E-state index is 14.5. The monoisotopic (exact) mass is 460 g/mol. The fourth-order valence-electron chi connectivity index (χ4n) is 4.82. The molecular formula is C30H25FN4. The number of hydrogen-bond acceptors (Lipinski definition) is 2. The molecule has 172 valence electrons. The number of aromatic nitrogens is 4. The van der Waals surface area contributed by atoms with E-state index in [4.69, 9.17) is 0 Å². The number of aromatic amines is 2. The van der Waals surface area contributed by atoms with Gasteiger partial charge in [0.15, 0.2) is 0 Å². The summed E-state index contributed by atoms with van der Waals surface area (Å²) in [5.41, 5.74) is 8.54. The number of benzene rings is 3. The zero-order valence-electron chi connectivity index (χ0n) is 19.2. The second-order valence-corrected chi connectivity index (χ2v) is 9.02. The van der Waals surface area contributed by atoms with Gasteiger partial charge in [-0.3, -0.25) is 10.2 Å². The first-order valence-electron chi connectivity index (χ1n) is 12.0. The highest BCUT2D eigenvalue weighted by Gasteiger charge is 2.27. The van der Waals surface area contributed by atoms with E-state index in [0.717, 1.165) is 28.0 Å². The van der Waals surface area contributed by atoms with E-state index in [1.54, 1.807) is 6.20 Å². The van der Waals surface area contributed by atoms with Crippen molar-refractivity contribution in [3.63, 3.8) is 0 Å². The minimum absolute atomic E-state index is 0.398. The van der Waals surface area contributed by atoms with Crippen molar-refractivity contribution < 1.29 is 4.39 Å². The zero-order chi connectivity index (χ0) is 23.6. The van der Waals surface area contributed by atoms with Gasteiger partial charge in [-0.05, 0) is 76.4 Å². The van der Waals surface area contributed by atoms with Crippen molar-refractivity contribution in [2.75, 3.05) is 0 Å². The second-order valence-electron chi connectivity index (χ2n) is 9.02. The lowest BCUT2D eigenvalue weighted by molar-refractivity contribution is 0.401. The maximum Gasteiger partial charge on any atom is 0.216 e. The van der Waals surface area contributed by atoms with E-state index in [2.05, 4.69) is 87.1 Å². The Hall–Kier alpha value is -4.25. The molecule has 6 rings (SSSR count). The largest absolute Gasteiger partial charge is 0.278 e. The van der Waals surface area contributed by atoms with Gasteiger partial charge in [-0.2, -0.15) is 14.6 Å². The van der Waals surface area contributed by atoms with Crippen molar-refractivity contribution in [2.24, 2.45) is 5.92 Å². The molecular weight excluding hydrogens is 435 g/mol. The number of hydrogen-bond donors (Lipinski definition) is 2. The molecule has 0 radical (unpaired) electrons. The number of rotatable bonds is 6. The van der Waals surface area contributed by atoms with Gasteiger partial charge in [-0.15, -0.1) is 0 Å². The molecule has 1 fully saturated rings. The van der Waals surface area contributed by atoms with Gasteiger partial charge in [0.1, 0.15) is 0 Å². The maximum atomic E-state index is 14.5. The van der Waals surface area contributed by atoms with Crippen LogP contribution in [-0.4, -0.2) is 20.4 Å².